The number of carboxylic acids is 1. The number of halogens is 1. The summed E-state index contributed by atoms with van der Waals surface area (Å²) in [4.78, 5) is 11.1. The highest BCUT2D eigenvalue weighted by Crippen LogP contribution is 2.26. The highest BCUT2D eigenvalue weighted by atomic mass is 19.1. The number of benzene rings is 1. The second kappa shape index (κ2) is 5.22. The Morgan fingerprint density at radius 2 is 2.33 bits per heavy atom. The number of carboxylic acid groups (broad SMARTS) is 1. The molecule has 98 valence electrons. The molecule has 1 aliphatic rings. The number of ether oxygens (including phenoxy) is 1. The van der Waals surface area contributed by atoms with Crippen LogP contribution in [0.3, 0.4) is 0 Å². The number of rotatable bonds is 3. The summed E-state index contributed by atoms with van der Waals surface area (Å²) in [6, 6.07) is 2.58. The summed E-state index contributed by atoms with van der Waals surface area (Å²) in [6.07, 6.45) is 1.80. The Hall–Kier alpha value is -1.82. The molecule has 1 atom stereocenters. The SMILES string of the molecule is Nc1c(F)ccc(NC2CCCOC2)c1C(=O)O. The quantitative estimate of drug-likeness (QED) is 0.715. The first-order chi connectivity index (χ1) is 8.59. The van der Waals surface area contributed by atoms with E-state index in [1.807, 2.05) is 0 Å². The molecular weight excluding hydrogens is 239 g/mol. The molecule has 1 saturated heterocycles. The van der Waals surface area contributed by atoms with E-state index in [0.717, 1.165) is 25.5 Å². The van der Waals surface area contributed by atoms with Gasteiger partial charge in [0.1, 0.15) is 11.4 Å². The van der Waals surface area contributed by atoms with Crippen LogP contribution < -0.4 is 11.1 Å². The van der Waals surface area contributed by atoms with E-state index >= 15 is 0 Å². The predicted octanol–water partition coefficient (Wildman–Crippen LogP) is 1.70. The highest BCUT2D eigenvalue weighted by molar-refractivity contribution is 6.00. The van der Waals surface area contributed by atoms with Crippen LogP contribution in [0.25, 0.3) is 0 Å². The fraction of sp³-hybridized carbons (Fsp3) is 0.417. The van der Waals surface area contributed by atoms with Crippen LogP contribution in [0.2, 0.25) is 0 Å². The molecule has 0 bridgehead atoms. The number of hydrogen-bond donors (Lipinski definition) is 3. The van der Waals surface area contributed by atoms with Gasteiger partial charge in [-0.2, -0.15) is 0 Å². The van der Waals surface area contributed by atoms with Gasteiger partial charge in [0, 0.05) is 12.6 Å². The fourth-order valence-electron chi connectivity index (χ4n) is 2.02. The minimum atomic E-state index is -1.24. The molecule has 1 fully saturated rings. The lowest BCUT2D eigenvalue weighted by Crippen LogP contribution is -2.30. The largest absolute Gasteiger partial charge is 0.478 e. The van der Waals surface area contributed by atoms with Crippen molar-refractivity contribution in [2.24, 2.45) is 0 Å². The minimum absolute atomic E-state index is 0.0294. The van der Waals surface area contributed by atoms with E-state index < -0.39 is 11.8 Å². The van der Waals surface area contributed by atoms with Crippen molar-refractivity contribution in [2.75, 3.05) is 24.3 Å². The fourth-order valence-corrected chi connectivity index (χ4v) is 2.02. The number of carbonyl (C=O) groups is 1. The zero-order valence-corrected chi connectivity index (χ0v) is 9.78. The van der Waals surface area contributed by atoms with Crippen molar-refractivity contribution in [3.05, 3.63) is 23.5 Å². The van der Waals surface area contributed by atoms with Gasteiger partial charge in [-0.1, -0.05) is 0 Å². The zero-order chi connectivity index (χ0) is 13.1. The average molecular weight is 254 g/mol. The van der Waals surface area contributed by atoms with Crippen molar-refractivity contribution in [1.29, 1.82) is 0 Å². The number of anilines is 2. The van der Waals surface area contributed by atoms with E-state index in [9.17, 15) is 9.18 Å². The van der Waals surface area contributed by atoms with Gasteiger partial charge in [0.2, 0.25) is 0 Å². The smallest absolute Gasteiger partial charge is 0.340 e. The van der Waals surface area contributed by atoms with Crippen LogP contribution in [0.1, 0.15) is 23.2 Å². The molecule has 0 amide bonds. The molecule has 0 aromatic heterocycles. The molecule has 2 rings (SSSR count). The Bertz CT molecular complexity index is 459. The molecule has 1 aromatic rings. The van der Waals surface area contributed by atoms with Crippen molar-refractivity contribution in [3.63, 3.8) is 0 Å². The number of hydrogen-bond acceptors (Lipinski definition) is 4. The normalized spacial score (nSPS) is 19.5. The topological polar surface area (TPSA) is 84.6 Å². The van der Waals surface area contributed by atoms with Crippen molar-refractivity contribution in [3.8, 4) is 0 Å². The molecule has 6 heteroatoms. The van der Waals surface area contributed by atoms with Gasteiger partial charge in [-0.15, -0.1) is 0 Å². The highest BCUT2D eigenvalue weighted by Gasteiger charge is 2.21. The molecule has 1 unspecified atom stereocenters. The Morgan fingerprint density at radius 3 is 2.94 bits per heavy atom. The lowest BCUT2D eigenvalue weighted by Gasteiger charge is -2.25. The molecule has 1 aromatic carbocycles. The summed E-state index contributed by atoms with van der Waals surface area (Å²) >= 11 is 0. The Labute approximate surface area is 104 Å². The summed E-state index contributed by atoms with van der Waals surface area (Å²) in [5.74, 6) is -1.97. The summed E-state index contributed by atoms with van der Waals surface area (Å²) in [6.45, 7) is 1.23. The first kappa shape index (κ1) is 12.6. The molecule has 4 N–H and O–H groups in total. The second-order valence-electron chi connectivity index (χ2n) is 4.25. The summed E-state index contributed by atoms with van der Waals surface area (Å²) in [7, 11) is 0. The third kappa shape index (κ3) is 2.53. The van der Waals surface area contributed by atoms with Crippen molar-refractivity contribution in [2.45, 2.75) is 18.9 Å². The first-order valence-electron chi connectivity index (χ1n) is 5.75. The maximum atomic E-state index is 13.3. The minimum Gasteiger partial charge on any atom is -0.478 e. The van der Waals surface area contributed by atoms with Gasteiger partial charge in [0.15, 0.2) is 0 Å². The molecule has 1 aliphatic heterocycles. The standard InChI is InChI=1S/C12H15FN2O3/c13-8-3-4-9(10(11(8)14)12(16)17)15-7-2-1-5-18-6-7/h3-4,7,15H,1-2,5-6,14H2,(H,16,17). The van der Waals surface area contributed by atoms with Gasteiger partial charge < -0.3 is 20.9 Å². The van der Waals surface area contributed by atoms with E-state index in [1.54, 1.807) is 0 Å². The number of aromatic carboxylic acids is 1. The molecule has 0 saturated carbocycles. The predicted molar refractivity (Wildman–Crippen MR) is 65.2 cm³/mol. The maximum absolute atomic E-state index is 13.3. The molecule has 0 radical (unpaired) electrons. The van der Waals surface area contributed by atoms with E-state index in [1.165, 1.54) is 6.07 Å². The second-order valence-corrected chi connectivity index (χ2v) is 4.25. The van der Waals surface area contributed by atoms with Gasteiger partial charge in [0.25, 0.3) is 0 Å². The lowest BCUT2D eigenvalue weighted by atomic mass is 10.1. The Kier molecular flexibility index (Phi) is 3.66. The van der Waals surface area contributed by atoms with Gasteiger partial charge in [-0.05, 0) is 25.0 Å². The summed E-state index contributed by atoms with van der Waals surface area (Å²) in [5, 5.41) is 12.1. The molecule has 5 nitrogen and oxygen atoms in total. The lowest BCUT2D eigenvalue weighted by molar-refractivity contribution is 0.0697. The number of nitrogen functional groups attached to an aromatic ring is 1. The average Bonchev–Trinajstić information content (AvgIpc) is 2.35. The van der Waals surface area contributed by atoms with Gasteiger partial charge in [0.05, 0.1) is 18.0 Å². The molecule has 0 spiro atoms. The zero-order valence-electron chi connectivity index (χ0n) is 9.78. The Morgan fingerprint density at radius 1 is 1.56 bits per heavy atom. The van der Waals surface area contributed by atoms with Crippen LogP contribution in [-0.2, 0) is 4.74 Å². The van der Waals surface area contributed by atoms with Crippen LogP contribution >= 0.6 is 0 Å². The van der Waals surface area contributed by atoms with E-state index in [4.69, 9.17) is 15.6 Å². The number of nitrogens with one attached hydrogen (secondary N) is 1. The number of nitrogens with two attached hydrogens (primary N) is 1. The molecule has 1 heterocycles. The molecule has 0 aliphatic carbocycles. The first-order valence-corrected chi connectivity index (χ1v) is 5.75. The van der Waals surface area contributed by atoms with E-state index in [0.29, 0.717) is 12.3 Å². The summed E-state index contributed by atoms with van der Waals surface area (Å²) in [5.41, 5.74) is 5.23. The van der Waals surface area contributed by atoms with Crippen LogP contribution in [0.4, 0.5) is 15.8 Å². The molecular formula is C12H15FN2O3. The van der Waals surface area contributed by atoms with Gasteiger partial charge in [-0.25, -0.2) is 9.18 Å². The third-order valence-corrected chi connectivity index (χ3v) is 2.93. The van der Waals surface area contributed by atoms with Crippen LogP contribution in [0, 0.1) is 5.82 Å². The van der Waals surface area contributed by atoms with Crippen LogP contribution in [0.5, 0.6) is 0 Å². The van der Waals surface area contributed by atoms with Crippen molar-refractivity contribution < 1.29 is 19.0 Å². The van der Waals surface area contributed by atoms with Crippen LogP contribution in [-0.4, -0.2) is 30.3 Å². The van der Waals surface area contributed by atoms with Crippen LogP contribution in [0.15, 0.2) is 12.1 Å². The third-order valence-electron chi connectivity index (χ3n) is 2.93. The Balaban J connectivity index is 2.26. The van der Waals surface area contributed by atoms with Crippen molar-refractivity contribution in [1.82, 2.24) is 0 Å². The maximum Gasteiger partial charge on any atom is 0.340 e. The van der Waals surface area contributed by atoms with Gasteiger partial charge in [-0.3, -0.25) is 0 Å². The van der Waals surface area contributed by atoms with Crippen molar-refractivity contribution >= 4 is 17.3 Å². The van der Waals surface area contributed by atoms with E-state index in [-0.39, 0.29) is 17.3 Å². The molecule has 18 heavy (non-hydrogen) atoms. The van der Waals surface area contributed by atoms with Gasteiger partial charge >= 0.3 is 5.97 Å². The van der Waals surface area contributed by atoms with E-state index in [2.05, 4.69) is 5.32 Å². The monoisotopic (exact) mass is 254 g/mol. The summed E-state index contributed by atoms with van der Waals surface area (Å²) < 4.78 is 18.6.